The molecule has 0 fully saturated rings. The van der Waals surface area contributed by atoms with Gasteiger partial charge in [-0.15, -0.1) is 23.1 Å². The van der Waals surface area contributed by atoms with E-state index in [2.05, 4.69) is 16.0 Å². The van der Waals surface area contributed by atoms with Crippen LogP contribution >= 0.6 is 34.7 Å². The molecule has 3 N–H and O–H groups in total. The van der Waals surface area contributed by atoms with Crippen LogP contribution in [0.15, 0.2) is 83.4 Å². The summed E-state index contributed by atoms with van der Waals surface area (Å²) in [5.74, 6) is -3.02. The number of hydrogen-bond acceptors (Lipinski definition) is 8. The third-order valence-electron chi connectivity index (χ3n) is 7.42. The average molecular weight is 721 g/mol. The zero-order valence-corrected chi connectivity index (χ0v) is 28.7. The van der Waals surface area contributed by atoms with Crippen LogP contribution in [0.4, 0.5) is 15.1 Å². The Labute approximate surface area is 294 Å². The van der Waals surface area contributed by atoms with Crippen LogP contribution in [0.1, 0.15) is 43.6 Å². The molecule has 2 heterocycles. The summed E-state index contributed by atoms with van der Waals surface area (Å²) < 4.78 is 19.6. The van der Waals surface area contributed by atoms with Crippen molar-refractivity contribution < 1.29 is 33.1 Å². The number of halogens is 2. The van der Waals surface area contributed by atoms with E-state index in [0.29, 0.717) is 40.7 Å². The average Bonchev–Trinajstić information content (AvgIpc) is 3.45. The molecule has 0 unspecified atom stereocenters. The molecule has 0 spiro atoms. The number of nitrogens with zero attached hydrogens (tertiary/aromatic N) is 1. The molecule has 1 aliphatic heterocycles. The van der Waals surface area contributed by atoms with E-state index in [9.17, 15) is 28.4 Å². The Morgan fingerprint density at radius 2 is 1.78 bits per heavy atom. The van der Waals surface area contributed by atoms with Crippen molar-refractivity contribution in [1.29, 1.82) is 0 Å². The van der Waals surface area contributed by atoms with E-state index in [-0.39, 0.29) is 39.4 Å². The maximum absolute atomic E-state index is 14.6. The number of ether oxygens (including phenoxy) is 1. The third-order valence-corrected chi connectivity index (χ3v) is 9.88. The van der Waals surface area contributed by atoms with Crippen molar-refractivity contribution in [2.24, 2.45) is 0 Å². The van der Waals surface area contributed by atoms with Gasteiger partial charge in [-0.25, -0.2) is 9.18 Å². The summed E-state index contributed by atoms with van der Waals surface area (Å²) >= 11 is 8.63. The number of nitrogens with one attached hydrogen (secondary N) is 3. The first-order valence-corrected chi connectivity index (χ1v) is 17.1. The standard InChI is InChI=1S/C35H30ClFN4O6S2/c1-20(42)41-15-14-24-29(18-41)49-34(31(24)35(46)47-2)40-30(43)19-48-23-11-6-10-22(16-23)38-33(45)28(17-25-26(36)12-7-13-27(25)37)39-32(44)21-8-4-3-5-9-21/h3-13,16-17H,14-15,18-19H2,1-2H3,(H,38,45)(H,39,44)(H,40,43)/b28-17+. The van der Waals surface area contributed by atoms with Gasteiger partial charge in [0.1, 0.15) is 16.5 Å². The van der Waals surface area contributed by atoms with E-state index < -0.39 is 23.6 Å². The smallest absolute Gasteiger partial charge is 0.341 e. The first kappa shape index (κ1) is 35.3. The molecule has 4 amide bonds. The van der Waals surface area contributed by atoms with Crippen molar-refractivity contribution >= 4 is 81.1 Å². The largest absolute Gasteiger partial charge is 0.465 e. The van der Waals surface area contributed by atoms with Crippen molar-refractivity contribution in [3.8, 4) is 0 Å². The molecule has 14 heteroatoms. The molecule has 0 bridgehead atoms. The first-order valence-electron chi connectivity index (χ1n) is 14.9. The second-order valence-corrected chi connectivity index (χ2v) is 13.3. The zero-order valence-electron chi connectivity index (χ0n) is 26.3. The number of esters is 1. The van der Waals surface area contributed by atoms with Crippen LogP contribution in [0.2, 0.25) is 5.02 Å². The van der Waals surface area contributed by atoms with E-state index in [4.69, 9.17) is 16.3 Å². The van der Waals surface area contributed by atoms with E-state index in [1.807, 2.05) is 0 Å². The summed E-state index contributed by atoms with van der Waals surface area (Å²) in [6.45, 7) is 2.30. The molecule has 0 aliphatic carbocycles. The Kier molecular flexibility index (Phi) is 11.5. The second-order valence-electron chi connectivity index (χ2n) is 10.7. The van der Waals surface area contributed by atoms with Gasteiger partial charge in [0.25, 0.3) is 11.8 Å². The number of amides is 4. The first-order chi connectivity index (χ1) is 23.5. The van der Waals surface area contributed by atoms with Crippen LogP contribution in [0.5, 0.6) is 0 Å². The molecule has 5 rings (SSSR count). The third kappa shape index (κ3) is 8.74. The number of hydrogen-bond donors (Lipinski definition) is 3. The Morgan fingerprint density at radius 1 is 1.02 bits per heavy atom. The van der Waals surface area contributed by atoms with Crippen molar-refractivity contribution in [1.82, 2.24) is 10.2 Å². The van der Waals surface area contributed by atoms with E-state index >= 15 is 0 Å². The van der Waals surface area contributed by atoms with Crippen molar-refractivity contribution in [2.75, 3.05) is 30.0 Å². The number of carbonyl (C=O) groups is 5. The minimum atomic E-state index is -0.733. The summed E-state index contributed by atoms with van der Waals surface area (Å²) in [4.78, 5) is 67.1. The molecular weight excluding hydrogens is 691 g/mol. The van der Waals surface area contributed by atoms with Gasteiger partial charge in [0.2, 0.25) is 11.8 Å². The Bertz CT molecular complexity index is 1950. The van der Waals surface area contributed by atoms with Gasteiger partial charge in [0, 0.05) is 40.1 Å². The molecule has 3 aromatic carbocycles. The van der Waals surface area contributed by atoms with Gasteiger partial charge in [-0.2, -0.15) is 0 Å². The highest BCUT2D eigenvalue weighted by Gasteiger charge is 2.30. The monoisotopic (exact) mass is 720 g/mol. The van der Waals surface area contributed by atoms with Crippen LogP contribution in [0, 0.1) is 5.82 Å². The summed E-state index contributed by atoms with van der Waals surface area (Å²) in [6, 6.07) is 19.0. The van der Waals surface area contributed by atoms with Crippen LogP contribution in [0.25, 0.3) is 6.08 Å². The maximum atomic E-state index is 14.6. The second kappa shape index (κ2) is 15.9. The fraction of sp³-hybridized carbons (Fsp3) is 0.171. The van der Waals surface area contributed by atoms with Crippen molar-refractivity contribution in [2.45, 2.75) is 24.8 Å². The molecule has 4 aromatic rings. The number of thiophene rings is 1. The molecule has 0 radical (unpaired) electrons. The van der Waals surface area contributed by atoms with Gasteiger partial charge >= 0.3 is 5.97 Å². The Balaban J connectivity index is 1.28. The number of thioether (sulfide) groups is 1. The summed E-state index contributed by atoms with van der Waals surface area (Å²) in [5.41, 5.74) is 1.39. The SMILES string of the molecule is COC(=O)c1c(NC(=O)CSc2cccc(NC(=O)/C(=C\c3c(F)cccc3Cl)NC(=O)c3ccccc3)c2)sc2c1CCN(C(C)=O)C2. The highest BCUT2D eigenvalue weighted by atomic mass is 35.5. The van der Waals surface area contributed by atoms with Gasteiger partial charge in [-0.1, -0.05) is 41.9 Å². The van der Waals surface area contributed by atoms with Gasteiger partial charge in [0.05, 0.1) is 30.0 Å². The zero-order chi connectivity index (χ0) is 35.1. The molecule has 49 heavy (non-hydrogen) atoms. The number of rotatable bonds is 10. The number of methoxy groups -OCH3 is 1. The van der Waals surface area contributed by atoms with Crippen molar-refractivity contribution in [3.63, 3.8) is 0 Å². The highest BCUT2D eigenvalue weighted by molar-refractivity contribution is 8.00. The number of benzene rings is 3. The molecule has 0 atom stereocenters. The lowest BCUT2D eigenvalue weighted by Crippen LogP contribution is -2.33. The lowest BCUT2D eigenvalue weighted by Gasteiger charge is -2.25. The summed E-state index contributed by atoms with van der Waals surface area (Å²) in [7, 11) is 1.27. The molecule has 10 nitrogen and oxygen atoms in total. The molecule has 0 saturated carbocycles. The van der Waals surface area contributed by atoms with E-state index in [1.54, 1.807) is 59.5 Å². The minimum Gasteiger partial charge on any atom is -0.465 e. The van der Waals surface area contributed by atoms with Crippen LogP contribution in [-0.4, -0.2) is 53.9 Å². The van der Waals surface area contributed by atoms with Gasteiger partial charge in [-0.3, -0.25) is 19.2 Å². The normalized spacial score (nSPS) is 12.5. The lowest BCUT2D eigenvalue weighted by molar-refractivity contribution is -0.129. The predicted molar refractivity (Wildman–Crippen MR) is 188 cm³/mol. The lowest BCUT2D eigenvalue weighted by atomic mass is 10.0. The molecule has 0 saturated heterocycles. The molecule has 1 aromatic heterocycles. The van der Waals surface area contributed by atoms with Gasteiger partial charge in [0.15, 0.2) is 0 Å². The number of carbonyl (C=O) groups excluding carboxylic acids is 5. The van der Waals surface area contributed by atoms with Gasteiger partial charge in [-0.05, 0) is 60.5 Å². The Morgan fingerprint density at radius 3 is 2.49 bits per heavy atom. The Hall–Kier alpha value is -4.98. The van der Waals surface area contributed by atoms with E-state index in [0.717, 1.165) is 10.4 Å². The summed E-state index contributed by atoms with van der Waals surface area (Å²) in [5, 5.41) is 8.50. The molecule has 1 aliphatic rings. The number of fused-ring (bicyclic) bond motifs is 1. The minimum absolute atomic E-state index is 0.0236. The predicted octanol–water partition coefficient (Wildman–Crippen LogP) is 6.37. The van der Waals surface area contributed by atoms with Crippen LogP contribution in [0.3, 0.4) is 0 Å². The quantitative estimate of drug-likeness (QED) is 0.0985. The topological polar surface area (TPSA) is 134 Å². The summed E-state index contributed by atoms with van der Waals surface area (Å²) in [6.07, 6.45) is 1.64. The fourth-order valence-electron chi connectivity index (χ4n) is 4.99. The highest BCUT2D eigenvalue weighted by Crippen LogP contribution is 2.38. The molecule has 252 valence electrons. The number of anilines is 2. The maximum Gasteiger partial charge on any atom is 0.341 e. The van der Waals surface area contributed by atoms with Crippen molar-refractivity contribution in [3.05, 3.63) is 116 Å². The molecular formula is C35H30ClFN4O6S2. The van der Waals surface area contributed by atoms with E-state index in [1.165, 1.54) is 61.4 Å². The van der Waals surface area contributed by atoms with Crippen LogP contribution < -0.4 is 16.0 Å². The fourth-order valence-corrected chi connectivity index (χ4v) is 7.23. The van der Waals surface area contributed by atoms with Crippen LogP contribution in [-0.2, 0) is 32.1 Å². The van der Waals surface area contributed by atoms with Gasteiger partial charge < -0.3 is 25.6 Å².